The second kappa shape index (κ2) is 3.40. The minimum absolute atomic E-state index is 0.568. The fourth-order valence-corrected chi connectivity index (χ4v) is 2.85. The van der Waals surface area contributed by atoms with E-state index >= 15 is 0 Å². The zero-order chi connectivity index (χ0) is 6.69. The van der Waals surface area contributed by atoms with Gasteiger partial charge < -0.3 is 0 Å². The Hall–Kier alpha value is 0.219. The van der Waals surface area contributed by atoms with Crippen molar-refractivity contribution >= 4 is 30.4 Å². The molecule has 0 aliphatic rings. The first-order valence-corrected chi connectivity index (χ1v) is 5.31. The van der Waals surface area contributed by atoms with E-state index in [9.17, 15) is 0 Å². The van der Waals surface area contributed by atoms with Gasteiger partial charge in [-0.25, -0.2) is 0 Å². The molecular weight excluding hydrogens is 243 g/mol. The molecule has 1 aromatic rings. The summed E-state index contributed by atoms with van der Waals surface area (Å²) in [5, 5.41) is 0. The molecular formula is C7H7BrSe. The molecule has 0 saturated carbocycles. The van der Waals surface area contributed by atoms with Crippen molar-refractivity contribution in [3.05, 3.63) is 32.6 Å². The fraction of sp³-hybridized carbons (Fsp3) is 0.143. The van der Waals surface area contributed by atoms with Crippen molar-refractivity contribution in [2.24, 2.45) is 0 Å². The summed E-state index contributed by atoms with van der Waals surface area (Å²) in [5.41, 5.74) is 1.39. The Kier molecular flexibility index (Phi) is 2.77. The summed E-state index contributed by atoms with van der Waals surface area (Å²) in [7, 11) is 0. The van der Waals surface area contributed by atoms with Gasteiger partial charge in [0.15, 0.2) is 0 Å². The Morgan fingerprint density at radius 3 is 3.00 bits per heavy atom. The Labute approximate surface area is 69.5 Å². The van der Waals surface area contributed by atoms with Crippen LogP contribution < -0.4 is 0 Å². The van der Waals surface area contributed by atoms with Gasteiger partial charge in [-0.3, -0.25) is 0 Å². The van der Waals surface area contributed by atoms with Gasteiger partial charge in [-0.05, 0) is 0 Å². The average Bonchev–Trinajstić information content (AvgIpc) is 2.18. The number of hydrogen-bond acceptors (Lipinski definition) is 0. The SMILES string of the molecule is C=CCc1cc[se]c1Br. The molecule has 0 radical (unpaired) electrons. The summed E-state index contributed by atoms with van der Waals surface area (Å²) in [5.74, 6) is 0. The predicted octanol–water partition coefficient (Wildman–Crippen LogP) is 2.23. The normalized spacial score (nSPS) is 9.44. The molecule has 0 N–H and O–H groups in total. The molecule has 0 spiro atoms. The van der Waals surface area contributed by atoms with Gasteiger partial charge in [0, 0.05) is 0 Å². The molecule has 0 bridgehead atoms. The number of rotatable bonds is 2. The Bertz CT molecular complexity index is 202. The zero-order valence-corrected chi connectivity index (χ0v) is 8.23. The predicted molar refractivity (Wildman–Crippen MR) is 45.0 cm³/mol. The van der Waals surface area contributed by atoms with Crippen molar-refractivity contribution in [3.8, 4) is 0 Å². The van der Waals surface area contributed by atoms with Crippen molar-refractivity contribution in [1.82, 2.24) is 0 Å². The van der Waals surface area contributed by atoms with Crippen LogP contribution in [0, 0.1) is 0 Å². The number of allylic oxidation sites excluding steroid dienone is 1. The van der Waals surface area contributed by atoms with E-state index in [1.807, 2.05) is 6.08 Å². The molecule has 0 fully saturated rings. The van der Waals surface area contributed by atoms with Crippen molar-refractivity contribution in [2.75, 3.05) is 0 Å². The monoisotopic (exact) mass is 250 g/mol. The third-order valence-electron chi connectivity index (χ3n) is 1.06. The molecule has 48 valence electrons. The van der Waals surface area contributed by atoms with Crippen molar-refractivity contribution < 1.29 is 0 Å². The molecule has 0 amide bonds. The molecule has 0 aliphatic carbocycles. The quantitative estimate of drug-likeness (QED) is 0.557. The van der Waals surface area contributed by atoms with Gasteiger partial charge in [-0.1, -0.05) is 0 Å². The summed E-state index contributed by atoms with van der Waals surface area (Å²) in [6, 6.07) is 2.17. The summed E-state index contributed by atoms with van der Waals surface area (Å²) in [4.78, 5) is 2.22. The van der Waals surface area contributed by atoms with Gasteiger partial charge in [0.05, 0.1) is 0 Å². The molecule has 0 saturated heterocycles. The second-order valence-electron chi connectivity index (χ2n) is 1.71. The van der Waals surface area contributed by atoms with Gasteiger partial charge >= 0.3 is 69.4 Å². The molecule has 0 nitrogen and oxygen atoms in total. The molecule has 1 rings (SSSR count). The second-order valence-corrected chi connectivity index (χ2v) is 5.61. The van der Waals surface area contributed by atoms with Gasteiger partial charge in [0.2, 0.25) is 0 Å². The van der Waals surface area contributed by atoms with Gasteiger partial charge in [-0.15, -0.1) is 0 Å². The average molecular weight is 250 g/mol. The van der Waals surface area contributed by atoms with Crippen LogP contribution in [0.1, 0.15) is 5.56 Å². The first kappa shape index (κ1) is 7.33. The van der Waals surface area contributed by atoms with Gasteiger partial charge in [-0.2, -0.15) is 0 Å². The number of halogens is 1. The van der Waals surface area contributed by atoms with E-state index in [1.165, 1.54) is 8.91 Å². The Morgan fingerprint density at radius 2 is 2.56 bits per heavy atom. The van der Waals surface area contributed by atoms with Gasteiger partial charge in [0.25, 0.3) is 0 Å². The molecule has 0 unspecified atom stereocenters. The zero-order valence-electron chi connectivity index (χ0n) is 4.93. The van der Waals surface area contributed by atoms with Crippen LogP contribution in [0.3, 0.4) is 0 Å². The third-order valence-corrected chi connectivity index (χ3v) is 4.09. The summed E-state index contributed by atoms with van der Waals surface area (Å²) >= 11 is 4.07. The Morgan fingerprint density at radius 1 is 1.78 bits per heavy atom. The first-order chi connectivity index (χ1) is 4.34. The van der Waals surface area contributed by atoms with E-state index < -0.39 is 0 Å². The molecule has 1 aromatic heterocycles. The van der Waals surface area contributed by atoms with Crippen molar-refractivity contribution in [2.45, 2.75) is 6.42 Å². The maximum atomic E-state index is 3.68. The van der Waals surface area contributed by atoms with E-state index in [4.69, 9.17) is 0 Å². The van der Waals surface area contributed by atoms with Crippen LogP contribution >= 0.6 is 15.9 Å². The fourth-order valence-electron chi connectivity index (χ4n) is 0.621. The number of hydrogen-bond donors (Lipinski definition) is 0. The molecule has 9 heavy (non-hydrogen) atoms. The standard InChI is InChI=1S/C7H7BrSe/c1-2-3-6-4-5-9-7(6)8/h2,4-5H,1,3H2. The van der Waals surface area contributed by atoms with E-state index in [0.29, 0.717) is 14.5 Å². The summed E-state index contributed by atoms with van der Waals surface area (Å²) in [6.45, 7) is 3.68. The van der Waals surface area contributed by atoms with Crippen LogP contribution in [0.4, 0.5) is 0 Å². The molecule has 0 aliphatic heterocycles. The van der Waals surface area contributed by atoms with Crippen LogP contribution in [0.25, 0.3) is 0 Å². The molecule has 2 heteroatoms. The maximum absolute atomic E-state index is 3.68. The van der Waals surface area contributed by atoms with Crippen LogP contribution in [0.2, 0.25) is 0 Å². The van der Waals surface area contributed by atoms with Crippen LogP contribution in [0.15, 0.2) is 27.0 Å². The van der Waals surface area contributed by atoms with E-state index in [2.05, 4.69) is 33.5 Å². The van der Waals surface area contributed by atoms with Crippen LogP contribution in [-0.2, 0) is 6.42 Å². The Balaban J connectivity index is 2.80. The minimum atomic E-state index is 0.568. The molecule has 1 heterocycles. The van der Waals surface area contributed by atoms with Crippen molar-refractivity contribution in [3.63, 3.8) is 0 Å². The van der Waals surface area contributed by atoms with Crippen molar-refractivity contribution in [1.29, 1.82) is 0 Å². The summed E-state index contributed by atoms with van der Waals surface area (Å²) in [6.07, 6.45) is 2.93. The van der Waals surface area contributed by atoms with E-state index in [0.717, 1.165) is 6.42 Å². The van der Waals surface area contributed by atoms with E-state index in [-0.39, 0.29) is 0 Å². The van der Waals surface area contributed by atoms with E-state index in [1.54, 1.807) is 0 Å². The van der Waals surface area contributed by atoms with Crippen LogP contribution in [-0.4, -0.2) is 14.5 Å². The summed E-state index contributed by atoms with van der Waals surface area (Å²) < 4.78 is 1.37. The molecule has 0 aromatic carbocycles. The molecule has 0 atom stereocenters. The topological polar surface area (TPSA) is 0 Å². The van der Waals surface area contributed by atoms with Gasteiger partial charge in [0.1, 0.15) is 0 Å². The third kappa shape index (κ3) is 1.82. The van der Waals surface area contributed by atoms with Crippen LogP contribution in [0.5, 0.6) is 0 Å². The first-order valence-electron chi connectivity index (χ1n) is 2.67.